The van der Waals surface area contributed by atoms with E-state index in [9.17, 15) is 4.79 Å². The van der Waals surface area contributed by atoms with Gasteiger partial charge in [-0.1, -0.05) is 56.3 Å². The summed E-state index contributed by atoms with van der Waals surface area (Å²) in [4.78, 5) is 19.1. The van der Waals surface area contributed by atoms with E-state index in [4.69, 9.17) is 0 Å². The quantitative estimate of drug-likeness (QED) is 0.786. The van der Waals surface area contributed by atoms with Gasteiger partial charge < -0.3 is 4.90 Å². The van der Waals surface area contributed by atoms with Gasteiger partial charge in [-0.15, -0.1) is 0 Å². The van der Waals surface area contributed by atoms with Crippen molar-refractivity contribution >= 4 is 5.91 Å². The molecule has 1 aliphatic rings. The molecular weight excluding hydrogens is 324 g/mol. The van der Waals surface area contributed by atoms with E-state index >= 15 is 0 Å². The Bertz CT molecular complexity index is 886. The second kappa shape index (κ2) is 6.41. The molecule has 2 heterocycles. The predicted molar refractivity (Wildman–Crippen MR) is 101 cm³/mol. The number of carbonyl (C=O) groups excluding carboxylic acids is 1. The lowest BCUT2D eigenvalue weighted by molar-refractivity contribution is 0.0778. The Morgan fingerprint density at radius 1 is 1.12 bits per heavy atom. The number of amides is 1. The fourth-order valence-corrected chi connectivity index (χ4v) is 3.83. The number of H-pyrrole nitrogens is 1. The molecular formula is C21H22N4O. The minimum atomic E-state index is 0.0524. The lowest BCUT2D eigenvalue weighted by Gasteiger charge is -2.25. The highest BCUT2D eigenvalue weighted by Gasteiger charge is 2.42. The minimum Gasteiger partial charge on any atom is -0.337 e. The molecule has 2 aromatic carbocycles. The molecule has 5 heteroatoms. The fraction of sp³-hybridized carbons (Fsp3) is 0.286. The SMILES string of the molecule is CC1(C)CN(C(=O)c2ccc(-c3ncn[nH]3)cc2)C[C@H]1c1ccccc1. The van der Waals surface area contributed by atoms with Gasteiger partial charge in [-0.25, -0.2) is 4.98 Å². The molecule has 3 aromatic rings. The van der Waals surface area contributed by atoms with Crippen LogP contribution in [0.25, 0.3) is 11.4 Å². The van der Waals surface area contributed by atoms with E-state index < -0.39 is 0 Å². The van der Waals surface area contributed by atoms with Gasteiger partial charge in [-0.3, -0.25) is 9.89 Å². The maximum atomic E-state index is 13.0. The molecule has 0 saturated carbocycles. The first-order chi connectivity index (χ1) is 12.5. The van der Waals surface area contributed by atoms with Gasteiger partial charge in [-0.2, -0.15) is 5.10 Å². The number of aromatic nitrogens is 3. The molecule has 1 saturated heterocycles. The first-order valence-corrected chi connectivity index (χ1v) is 8.85. The average molecular weight is 346 g/mol. The minimum absolute atomic E-state index is 0.0524. The zero-order valence-corrected chi connectivity index (χ0v) is 15.0. The molecule has 1 aromatic heterocycles. The normalized spacial score (nSPS) is 18.8. The maximum absolute atomic E-state index is 13.0. The lowest BCUT2D eigenvalue weighted by Crippen LogP contribution is -2.30. The third-order valence-electron chi connectivity index (χ3n) is 5.25. The molecule has 5 nitrogen and oxygen atoms in total. The van der Waals surface area contributed by atoms with Crippen molar-refractivity contribution in [2.75, 3.05) is 13.1 Å². The van der Waals surface area contributed by atoms with Crippen LogP contribution < -0.4 is 0 Å². The summed E-state index contributed by atoms with van der Waals surface area (Å²) in [7, 11) is 0. The van der Waals surface area contributed by atoms with Gasteiger partial charge >= 0.3 is 0 Å². The van der Waals surface area contributed by atoms with Crippen molar-refractivity contribution in [2.45, 2.75) is 19.8 Å². The summed E-state index contributed by atoms with van der Waals surface area (Å²) in [5, 5.41) is 6.70. The van der Waals surface area contributed by atoms with Gasteiger partial charge in [0, 0.05) is 30.1 Å². The number of likely N-dealkylation sites (tertiary alicyclic amines) is 1. The first kappa shape index (κ1) is 16.5. The Kier molecular flexibility index (Phi) is 4.07. The number of hydrogen-bond donors (Lipinski definition) is 1. The Balaban J connectivity index is 1.54. The molecule has 1 atom stereocenters. The Hall–Kier alpha value is -2.95. The van der Waals surface area contributed by atoms with Gasteiger partial charge in [0.15, 0.2) is 5.82 Å². The summed E-state index contributed by atoms with van der Waals surface area (Å²) in [6.07, 6.45) is 1.48. The third-order valence-corrected chi connectivity index (χ3v) is 5.25. The van der Waals surface area contributed by atoms with Crippen molar-refractivity contribution in [3.63, 3.8) is 0 Å². The third kappa shape index (κ3) is 3.01. The van der Waals surface area contributed by atoms with E-state index in [-0.39, 0.29) is 11.3 Å². The van der Waals surface area contributed by atoms with Gasteiger partial charge in [-0.05, 0) is 23.1 Å². The van der Waals surface area contributed by atoms with E-state index in [0.29, 0.717) is 17.3 Å². The van der Waals surface area contributed by atoms with Crippen LogP contribution in [0.4, 0.5) is 0 Å². The van der Waals surface area contributed by atoms with Crippen LogP contribution in [0, 0.1) is 5.41 Å². The topological polar surface area (TPSA) is 61.9 Å². The summed E-state index contributed by atoms with van der Waals surface area (Å²) < 4.78 is 0. The number of rotatable bonds is 3. The van der Waals surface area contributed by atoms with Gasteiger partial charge in [0.25, 0.3) is 5.91 Å². The summed E-state index contributed by atoms with van der Waals surface area (Å²) in [5.74, 6) is 1.14. The average Bonchev–Trinajstić information content (AvgIpc) is 3.29. The van der Waals surface area contributed by atoms with Crippen LogP contribution >= 0.6 is 0 Å². The highest BCUT2D eigenvalue weighted by molar-refractivity contribution is 5.95. The van der Waals surface area contributed by atoms with E-state index in [0.717, 1.165) is 18.7 Å². The van der Waals surface area contributed by atoms with Crippen molar-refractivity contribution in [3.8, 4) is 11.4 Å². The molecule has 0 bridgehead atoms. The number of aromatic amines is 1. The standard InChI is InChI=1S/C21H22N4O/c1-21(2)13-25(12-18(21)15-6-4-3-5-7-15)20(26)17-10-8-16(9-11-17)19-22-14-23-24-19/h3-11,14,18H,12-13H2,1-2H3,(H,22,23,24)/t18-/m0/s1. The van der Waals surface area contributed by atoms with E-state index in [1.54, 1.807) is 0 Å². The van der Waals surface area contributed by atoms with E-state index in [1.165, 1.54) is 11.9 Å². The van der Waals surface area contributed by atoms with Gasteiger partial charge in [0.05, 0.1) is 0 Å². The van der Waals surface area contributed by atoms with Crippen LogP contribution in [-0.4, -0.2) is 39.1 Å². The van der Waals surface area contributed by atoms with Crippen molar-refractivity contribution in [1.82, 2.24) is 20.1 Å². The van der Waals surface area contributed by atoms with E-state index in [1.807, 2.05) is 35.2 Å². The van der Waals surface area contributed by atoms with Crippen LogP contribution in [0.2, 0.25) is 0 Å². The Morgan fingerprint density at radius 2 is 1.85 bits per heavy atom. The molecule has 1 N–H and O–H groups in total. The van der Waals surface area contributed by atoms with Crippen LogP contribution in [-0.2, 0) is 0 Å². The molecule has 1 aliphatic heterocycles. The van der Waals surface area contributed by atoms with Crippen molar-refractivity contribution in [1.29, 1.82) is 0 Å². The number of carbonyl (C=O) groups is 1. The monoisotopic (exact) mass is 346 g/mol. The number of nitrogens with zero attached hydrogens (tertiary/aromatic N) is 3. The zero-order valence-electron chi connectivity index (χ0n) is 15.0. The van der Waals surface area contributed by atoms with Crippen LogP contribution in [0.1, 0.15) is 35.7 Å². The highest BCUT2D eigenvalue weighted by Crippen LogP contribution is 2.42. The molecule has 0 unspecified atom stereocenters. The number of benzene rings is 2. The molecule has 1 amide bonds. The smallest absolute Gasteiger partial charge is 0.253 e. The molecule has 0 aliphatic carbocycles. The molecule has 26 heavy (non-hydrogen) atoms. The highest BCUT2D eigenvalue weighted by atomic mass is 16.2. The largest absolute Gasteiger partial charge is 0.337 e. The summed E-state index contributed by atoms with van der Waals surface area (Å²) in [6.45, 7) is 5.99. The molecule has 4 rings (SSSR count). The second-order valence-electron chi connectivity index (χ2n) is 7.55. The summed E-state index contributed by atoms with van der Waals surface area (Å²) in [5.41, 5.74) is 2.98. The second-order valence-corrected chi connectivity index (χ2v) is 7.55. The molecule has 132 valence electrons. The number of nitrogens with one attached hydrogen (secondary N) is 1. The van der Waals surface area contributed by atoms with Crippen molar-refractivity contribution < 1.29 is 4.79 Å². The predicted octanol–water partition coefficient (Wildman–Crippen LogP) is 3.74. The van der Waals surface area contributed by atoms with Crippen molar-refractivity contribution in [2.24, 2.45) is 5.41 Å². The van der Waals surface area contributed by atoms with Gasteiger partial charge in [0.2, 0.25) is 0 Å². The Labute approximate surface area is 153 Å². The first-order valence-electron chi connectivity index (χ1n) is 8.85. The molecule has 1 fully saturated rings. The number of hydrogen-bond acceptors (Lipinski definition) is 3. The van der Waals surface area contributed by atoms with E-state index in [2.05, 4.69) is 53.3 Å². The summed E-state index contributed by atoms with van der Waals surface area (Å²) in [6, 6.07) is 18.0. The fourth-order valence-electron chi connectivity index (χ4n) is 3.83. The van der Waals surface area contributed by atoms with Crippen LogP contribution in [0.15, 0.2) is 60.9 Å². The van der Waals surface area contributed by atoms with Crippen LogP contribution in [0.3, 0.4) is 0 Å². The van der Waals surface area contributed by atoms with Crippen molar-refractivity contribution in [3.05, 3.63) is 72.1 Å². The van der Waals surface area contributed by atoms with Crippen LogP contribution in [0.5, 0.6) is 0 Å². The molecule has 0 radical (unpaired) electrons. The summed E-state index contributed by atoms with van der Waals surface area (Å²) >= 11 is 0. The molecule has 0 spiro atoms. The zero-order chi connectivity index (χ0) is 18.1. The maximum Gasteiger partial charge on any atom is 0.253 e. The van der Waals surface area contributed by atoms with Gasteiger partial charge in [0.1, 0.15) is 6.33 Å². The Morgan fingerprint density at radius 3 is 2.50 bits per heavy atom. The lowest BCUT2D eigenvalue weighted by atomic mass is 9.78.